The van der Waals surface area contributed by atoms with E-state index in [0.717, 1.165) is 11.3 Å². The van der Waals surface area contributed by atoms with Gasteiger partial charge in [-0.05, 0) is 24.3 Å². The minimum Gasteiger partial charge on any atom is -0.495 e. The molecule has 0 aliphatic carbocycles. The molecule has 2 N–H and O–H groups in total. The number of para-hydroxylation sites is 3. The Morgan fingerprint density at radius 1 is 0.909 bits per heavy atom. The van der Waals surface area contributed by atoms with Crippen LogP contribution in [0, 0.1) is 0 Å². The fourth-order valence-corrected chi connectivity index (χ4v) is 3.15. The number of ether oxygens (including phenoxy) is 1. The standard InChI is InChI=1S/C25H21N5O3/c1-33-22-15-9-8-14-21(22)27-24(31)25(32)28-26-16-19-17-30(20-12-6-3-7-13-20)29-23(19)18-10-4-2-5-11-18/h2-17H,1H3,(H,27,31)(H,28,32)/b26-16+. The van der Waals surface area contributed by atoms with Crippen molar-refractivity contribution >= 4 is 23.7 Å². The summed E-state index contributed by atoms with van der Waals surface area (Å²) in [6, 6.07) is 26.1. The molecule has 0 radical (unpaired) electrons. The first-order valence-corrected chi connectivity index (χ1v) is 10.1. The molecule has 3 aromatic carbocycles. The third-order valence-electron chi connectivity index (χ3n) is 4.74. The summed E-state index contributed by atoms with van der Waals surface area (Å²) in [5.41, 5.74) is 5.79. The molecule has 1 aromatic heterocycles. The maximum atomic E-state index is 12.2. The highest BCUT2D eigenvalue weighted by Crippen LogP contribution is 2.23. The lowest BCUT2D eigenvalue weighted by molar-refractivity contribution is -0.136. The zero-order valence-electron chi connectivity index (χ0n) is 17.8. The number of methoxy groups -OCH3 is 1. The first-order valence-electron chi connectivity index (χ1n) is 10.1. The van der Waals surface area contributed by atoms with Gasteiger partial charge in [0, 0.05) is 17.3 Å². The summed E-state index contributed by atoms with van der Waals surface area (Å²) >= 11 is 0. The van der Waals surface area contributed by atoms with E-state index in [0.29, 0.717) is 22.7 Å². The van der Waals surface area contributed by atoms with Crippen molar-refractivity contribution < 1.29 is 14.3 Å². The van der Waals surface area contributed by atoms with Crippen LogP contribution in [-0.2, 0) is 9.59 Å². The maximum absolute atomic E-state index is 12.2. The second-order valence-corrected chi connectivity index (χ2v) is 6.93. The van der Waals surface area contributed by atoms with Gasteiger partial charge in [0.2, 0.25) is 0 Å². The Hall–Kier alpha value is -4.72. The molecule has 4 aromatic rings. The minimum atomic E-state index is -0.908. The Morgan fingerprint density at radius 3 is 2.30 bits per heavy atom. The lowest BCUT2D eigenvalue weighted by Crippen LogP contribution is -2.32. The summed E-state index contributed by atoms with van der Waals surface area (Å²) in [6.07, 6.45) is 3.27. The number of carbonyl (C=O) groups is 2. The molecule has 0 atom stereocenters. The van der Waals surface area contributed by atoms with E-state index in [4.69, 9.17) is 4.74 Å². The van der Waals surface area contributed by atoms with Gasteiger partial charge in [0.15, 0.2) is 0 Å². The summed E-state index contributed by atoms with van der Waals surface area (Å²) in [4.78, 5) is 24.5. The number of nitrogens with zero attached hydrogens (tertiary/aromatic N) is 3. The van der Waals surface area contributed by atoms with Crippen LogP contribution in [0.25, 0.3) is 16.9 Å². The number of amides is 2. The van der Waals surface area contributed by atoms with E-state index in [1.165, 1.54) is 13.3 Å². The van der Waals surface area contributed by atoms with Gasteiger partial charge in [-0.15, -0.1) is 0 Å². The monoisotopic (exact) mass is 439 g/mol. The lowest BCUT2D eigenvalue weighted by Gasteiger charge is -2.08. The molecule has 8 nitrogen and oxygen atoms in total. The molecule has 0 saturated heterocycles. The maximum Gasteiger partial charge on any atom is 0.329 e. The van der Waals surface area contributed by atoms with E-state index >= 15 is 0 Å². The van der Waals surface area contributed by atoms with Crippen molar-refractivity contribution in [2.75, 3.05) is 12.4 Å². The zero-order valence-corrected chi connectivity index (χ0v) is 17.8. The molecule has 0 saturated carbocycles. The Balaban J connectivity index is 1.52. The van der Waals surface area contributed by atoms with Crippen LogP contribution in [0.15, 0.2) is 96.2 Å². The third kappa shape index (κ3) is 5.13. The highest BCUT2D eigenvalue weighted by Gasteiger charge is 2.15. The molecule has 0 fully saturated rings. The quantitative estimate of drug-likeness (QED) is 0.272. The molecule has 0 spiro atoms. The van der Waals surface area contributed by atoms with Crippen LogP contribution < -0.4 is 15.5 Å². The summed E-state index contributed by atoms with van der Waals surface area (Å²) in [5, 5.41) is 11.2. The van der Waals surface area contributed by atoms with Crippen molar-refractivity contribution in [3.05, 3.63) is 96.7 Å². The molecule has 0 aliphatic rings. The molecule has 1 heterocycles. The van der Waals surface area contributed by atoms with Gasteiger partial charge in [-0.1, -0.05) is 60.7 Å². The van der Waals surface area contributed by atoms with Gasteiger partial charge in [-0.25, -0.2) is 10.1 Å². The second kappa shape index (κ2) is 10.1. The molecule has 8 heteroatoms. The predicted octanol–water partition coefficient (Wildman–Crippen LogP) is 3.64. The van der Waals surface area contributed by atoms with Crippen molar-refractivity contribution in [1.29, 1.82) is 0 Å². The number of aromatic nitrogens is 2. The number of carbonyl (C=O) groups excluding carboxylic acids is 2. The fourth-order valence-electron chi connectivity index (χ4n) is 3.15. The van der Waals surface area contributed by atoms with Gasteiger partial charge in [0.1, 0.15) is 11.4 Å². The number of benzene rings is 3. The molecule has 33 heavy (non-hydrogen) atoms. The first kappa shape index (κ1) is 21.5. The topological polar surface area (TPSA) is 97.6 Å². The van der Waals surface area contributed by atoms with Crippen molar-refractivity contribution in [1.82, 2.24) is 15.2 Å². The van der Waals surface area contributed by atoms with Crippen LogP contribution in [0.4, 0.5) is 5.69 Å². The van der Waals surface area contributed by atoms with Gasteiger partial charge >= 0.3 is 11.8 Å². The summed E-state index contributed by atoms with van der Waals surface area (Å²) in [5.74, 6) is -1.32. The van der Waals surface area contributed by atoms with Crippen LogP contribution in [-0.4, -0.2) is 34.9 Å². The van der Waals surface area contributed by atoms with E-state index in [9.17, 15) is 9.59 Å². The van der Waals surface area contributed by atoms with E-state index in [1.54, 1.807) is 28.9 Å². The van der Waals surface area contributed by atoms with Crippen LogP contribution >= 0.6 is 0 Å². The molecular weight excluding hydrogens is 418 g/mol. The predicted molar refractivity (Wildman–Crippen MR) is 126 cm³/mol. The zero-order chi connectivity index (χ0) is 23.0. The number of rotatable bonds is 6. The molecule has 4 rings (SSSR count). The van der Waals surface area contributed by atoms with E-state index in [1.807, 2.05) is 66.9 Å². The van der Waals surface area contributed by atoms with Crippen LogP contribution in [0.2, 0.25) is 0 Å². The van der Waals surface area contributed by atoms with Crippen molar-refractivity contribution in [3.8, 4) is 22.7 Å². The average molecular weight is 439 g/mol. The third-order valence-corrected chi connectivity index (χ3v) is 4.74. The smallest absolute Gasteiger partial charge is 0.329 e. The van der Waals surface area contributed by atoms with E-state index in [-0.39, 0.29) is 0 Å². The van der Waals surface area contributed by atoms with Gasteiger partial charge < -0.3 is 10.1 Å². The first-order chi connectivity index (χ1) is 16.2. The van der Waals surface area contributed by atoms with Gasteiger partial charge in [-0.2, -0.15) is 10.2 Å². The fraction of sp³-hybridized carbons (Fsp3) is 0.0400. The Morgan fingerprint density at radius 2 is 1.58 bits per heavy atom. The normalized spacial score (nSPS) is 10.7. The molecule has 0 bridgehead atoms. The SMILES string of the molecule is COc1ccccc1NC(=O)C(=O)N/N=C/c1cn(-c2ccccc2)nc1-c1ccccc1. The van der Waals surface area contributed by atoms with Crippen molar-refractivity contribution in [3.63, 3.8) is 0 Å². The number of hydrogen-bond acceptors (Lipinski definition) is 5. The second-order valence-electron chi connectivity index (χ2n) is 6.93. The summed E-state index contributed by atoms with van der Waals surface area (Å²) in [6.45, 7) is 0. The van der Waals surface area contributed by atoms with E-state index in [2.05, 4.69) is 20.9 Å². The lowest BCUT2D eigenvalue weighted by atomic mass is 10.1. The summed E-state index contributed by atoms with van der Waals surface area (Å²) < 4.78 is 6.91. The highest BCUT2D eigenvalue weighted by molar-refractivity contribution is 6.39. The number of hydrazone groups is 1. The molecule has 0 unspecified atom stereocenters. The molecular formula is C25H21N5O3. The van der Waals surface area contributed by atoms with Gasteiger partial charge in [0.25, 0.3) is 0 Å². The largest absolute Gasteiger partial charge is 0.495 e. The van der Waals surface area contributed by atoms with Gasteiger partial charge in [-0.3, -0.25) is 9.59 Å². The van der Waals surface area contributed by atoms with Crippen LogP contribution in [0.5, 0.6) is 5.75 Å². The highest BCUT2D eigenvalue weighted by atomic mass is 16.5. The molecule has 164 valence electrons. The molecule has 2 amide bonds. The Kier molecular flexibility index (Phi) is 6.56. The number of nitrogens with one attached hydrogen (secondary N) is 2. The average Bonchev–Trinajstić information content (AvgIpc) is 3.29. The van der Waals surface area contributed by atoms with Gasteiger partial charge in [0.05, 0.1) is 24.7 Å². The Bertz CT molecular complexity index is 1280. The Labute approximate surface area is 190 Å². The van der Waals surface area contributed by atoms with Crippen molar-refractivity contribution in [2.45, 2.75) is 0 Å². The minimum absolute atomic E-state index is 0.389. The molecule has 0 aliphatic heterocycles. The van der Waals surface area contributed by atoms with Crippen LogP contribution in [0.1, 0.15) is 5.56 Å². The number of hydrogen-bond donors (Lipinski definition) is 2. The van der Waals surface area contributed by atoms with E-state index < -0.39 is 11.8 Å². The summed E-state index contributed by atoms with van der Waals surface area (Å²) in [7, 11) is 1.48. The van der Waals surface area contributed by atoms with Crippen LogP contribution in [0.3, 0.4) is 0 Å². The number of anilines is 1. The van der Waals surface area contributed by atoms with Crippen molar-refractivity contribution in [2.24, 2.45) is 5.10 Å².